The summed E-state index contributed by atoms with van der Waals surface area (Å²) < 4.78 is 0. The van der Waals surface area contributed by atoms with Crippen molar-refractivity contribution in [3.8, 4) is 0 Å². The molecule has 2 N–H and O–H groups in total. The van der Waals surface area contributed by atoms with E-state index >= 15 is 0 Å². The monoisotopic (exact) mass is 412 g/mol. The van der Waals surface area contributed by atoms with E-state index in [9.17, 15) is 9.59 Å². The maximum absolute atomic E-state index is 13.1. The molecule has 1 aliphatic rings. The Kier molecular flexibility index (Phi) is 6.58. The Hall–Kier alpha value is -3.24. The lowest BCUT2D eigenvalue weighted by Crippen LogP contribution is -2.49. The lowest BCUT2D eigenvalue weighted by atomic mass is 9.86. The van der Waals surface area contributed by atoms with E-state index in [2.05, 4.69) is 22.8 Å². The molecule has 0 radical (unpaired) electrons. The largest absolute Gasteiger partial charge is 0.352 e. The van der Waals surface area contributed by atoms with Crippen molar-refractivity contribution in [1.82, 2.24) is 10.6 Å². The van der Waals surface area contributed by atoms with Crippen molar-refractivity contribution in [3.63, 3.8) is 0 Å². The fourth-order valence-corrected chi connectivity index (χ4v) is 4.25. The van der Waals surface area contributed by atoms with Gasteiger partial charge in [-0.3, -0.25) is 9.59 Å². The molecule has 0 spiro atoms. The van der Waals surface area contributed by atoms with Crippen molar-refractivity contribution >= 4 is 11.7 Å². The molecule has 31 heavy (non-hydrogen) atoms. The predicted molar refractivity (Wildman–Crippen MR) is 123 cm³/mol. The molecule has 1 aliphatic heterocycles. The van der Waals surface area contributed by atoms with Crippen molar-refractivity contribution in [1.29, 1.82) is 0 Å². The summed E-state index contributed by atoms with van der Waals surface area (Å²) in [6.07, 6.45) is 0.893. The maximum Gasteiger partial charge on any atom is 0.227 e. The molecule has 4 nitrogen and oxygen atoms in total. The molecule has 0 aromatic heterocycles. The van der Waals surface area contributed by atoms with E-state index in [1.165, 1.54) is 5.56 Å². The highest BCUT2D eigenvalue weighted by atomic mass is 16.2. The highest BCUT2D eigenvalue weighted by Crippen LogP contribution is 2.25. The quantitative estimate of drug-likeness (QED) is 0.594. The summed E-state index contributed by atoms with van der Waals surface area (Å²) in [6.45, 7) is 3.65. The first kappa shape index (κ1) is 21.0. The number of hydrogen-bond acceptors (Lipinski definition) is 3. The topological polar surface area (TPSA) is 58.2 Å². The number of ketones is 1. The molecule has 3 aromatic rings. The maximum atomic E-state index is 13.1. The normalized spacial score (nSPS) is 19.4. The van der Waals surface area contributed by atoms with Gasteiger partial charge in [0.05, 0.1) is 5.92 Å². The summed E-state index contributed by atoms with van der Waals surface area (Å²) in [5, 5.41) is 6.73. The van der Waals surface area contributed by atoms with Crippen LogP contribution in [0, 0.1) is 0 Å². The minimum atomic E-state index is -0.338. The molecule has 0 bridgehead atoms. The fourth-order valence-electron chi connectivity index (χ4n) is 4.25. The van der Waals surface area contributed by atoms with Gasteiger partial charge in [-0.2, -0.15) is 0 Å². The van der Waals surface area contributed by atoms with E-state index in [1.54, 1.807) is 0 Å². The number of piperidine rings is 1. The average Bonchev–Trinajstić information content (AvgIpc) is 2.84. The molecule has 1 saturated heterocycles. The SMILES string of the molecule is CC(C(=O)NC1CCNCC1c1ccccc1)c1cccc(C(=O)c2ccccc2)c1. The highest BCUT2D eigenvalue weighted by Gasteiger charge is 2.29. The first-order valence-corrected chi connectivity index (χ1v) is 10.9. The molecule has 1 heterocycles. The number of carbonyl (C=O) groups excluding carboxylic acids is 2. The second-order valence-electron chi connectivity index (χ2n) is 8.17. The van der Waals surface area contributed by atoms with Crippen molar-refractivity contribution in [2.75, 3.05) is 13.1 Å². The molecule has 1 amide bonds. The lowest BCUT2D eigenvalue weighted by Gasteiger charge is -2.34. The van der Waals surface area contributed by atoms with Gasteiger partial charge < -0.3 is 10.6 Å². The number of hydrogen-bond donors (Lipinski definition) is 2. The molecule has 3 unspecified atom stereocenters. The molecule has 158 valence electrons. The van der Waals surface area contributed by atoms with Crippen LogP contribution in [0.4, 0.5) is 0 Å². The second kappa shape index (κ2) is 9.71. The Labute approximate surface area is 183 Å². The molecule has 4 heteroatoms. The number of nitrogens with one attached hydrogen (secondary N) is 2. The average molecular weight is 413 g/mol. The zero-order valence-electron chi connectivity index (χ0n) is 17.8. The van der Waals surface area contributed by atoms with Crippen molar-refractivity contribution in [2.45, 2.75) is 31.2 Å². The van der Waals surface area contributed by atoms with Crippen LogP contribution in [0.1, 0.15) is 52.2 Å². The summed E-state index contributed by atoms with van der Waals surface area (Å²) in [4.78, 5) is 25.9. The molecule has 0 aliphatic carbocycles. The minimum absolute atomic E-state index is 0.00265. The van der Waals surface area contributed by atoms with E-state index in [4.69, 9.17) is 0 Å². The highest BCUT2D eigenvalue weighted by molar-refractivity contribution is 6.09. The third-order valence-corrected chi connectivity index (χ3v) is 6.12. The van der Waals surface area contributed by atoms with Crippen LogP contribution in [0.15, 0.2) is 84.9 Å². The molecular formula is C27H28N2O2. The van der Waals surface area contributed by atoms with E-state index in [0.717, 1.165) is 25.1 Å². The van der Waals surface area contributed by atoms with Crippen LogP contribution in [0.3, 0.4) is 0 Å². The van der Waals surface area contributed by atoms with Crippen LogP contribution >= 0.6 is 0 Å². The molecule has 1 fully saturated rings. The molecular weight excluding hydrogens is 384 g/mol. The number of amides is 1. The van der Waals surface area contributed by atoms with Crippen LogP contribution in [0.25, 0.3) is 0 Å². The first-order valence-electron chi connectivity index (χ1n) is 10.9. The van der Waals surface area contributed by atoms with Gasteiger partial charge in [-0.25, -0.2) is 0 Å². The summed E-state index contributed by atoms with van der Waals surface area (Å²) in [5.41, 5.74) is 3.34. The Morgan fingerprint density at radius 1 is 0.903 bits per heavy atom. The Morgan fingerprint density at radius 3 is 2.32 bits per heavy atom. The predicted octanol–water partition coefficient (Wildman–Crippen LogP) is 4.28. The van der Waals surface area contributed by atoms with Gasteiger partial charge in [-0.15, -0.1) is 0 Å². The van der Waals surface area contributed by atoms with Gasteiger partial charge in [-0.1, -0.05) is 78.9 Å². The van der Waals surface area contributed by atoms with Crippen molar-refractivity contribution in [2.24, 2.45) is 0 Å². The summed E-state index contributed by atoms with van der Waals surface area (Å²) in [7, 11) is 0. The van der Waals surface area contributed by atoms with E-state index in [1.807, 2.05) is 79.7 Å². The van der Waals surface area contributed by atoms with Gasteiger partial charge in [0.1, 0.15) is 0 Å². The van der Waals surface area contributed by atoms with Crippen LogP contribution in [0.5, 0.6) is 0 Å². The summed E-state index contributed by atoms with van der Waals surface area (Å²) in [5.74, 6) is -0.123. The molecule has 3 atom stereocenters. The zero-order valence-corrected chi connectivity index (χ0v) is 17.8. The van der Waals surface area contributed by atoms with Crippen LogP contribution in [-0.2, 0) is 4.79 Å². The summed E-state index contributed by atoms with van der Waals surface area (Å²) >= 11 is 0. The van der Waals surface area contributed by atoms with Gasteiger partial charge >= 0.3 is 0 Å². The number of rotatable bonds is 6. The third kappa shape index (κ3) is 4.92. The molecule has 3 aromatic carbocycles. The van der Waals surface area contributed by atoms with E-state index < -0.39 is 0 Å². The Morgan fingerprint density at radius 2 is 1.58 bits per heavy atom. The van der Waals surface area contributed by atoms with Crippen molar-refractivity contribution < 1.29 is 9.59 Å². The lowest BCUT2D eigenvalue weighted by molar-refractivity contribution is -0.123. The smallest absolute Gasteiger partial charge is 0.227 e. The van der Waals surface area contributed by atoms with Crippen molar-refractivity contribution in [3.05, 3.63) is 107 Å². The number of benzene rings is 3. The Balaban J connectivity index is 1.48. The van der Waals surface area contributed by atoms with Gasteiger partial charge in [0.2, 0.25) is 5.91 Å². The fraction of sp³-hybridized carbons (Fsp3) is 0.259. The third-order valence-electron chi connectivity index (χ3n) is 6.12. The first-order chi connectivity index (χ1) is 15.1. The van der Waals surface area contributed by atoms with Crippen LogP contribution in [-0.4, -0.2) is 30.8 Å². The summed E-state index contributed by atoms with van der Waals surface area (Å²) in [6, 6.07) is 27.1. The van der Waals surface area contributed by atoms with Crippen LogP contribution in [0.2, 0.25) is 0 Å². The molecule has 4 rings (SSSR count). The van der Waals surface area contributed by atoms with E-state index in [-0.39, 0.29) is 29.6 Å². The van der Waals surface area contributed by atoms with Gasteiger partial charge in [0.25, 0.3) is 0 Å². The van der Waals surface area contributed by atoms with Gasteiger partial charge in [0, 0.05) is 29.6 Å². The van der Waals surface area contributed by atoms with E-state index in [0.29, 0.717) is 11.1 Å². The second-order valence-corrected chi connectivity index (χ2v) is 8.17. The van der Waals surface area contributed by atoms with Gasteiger partial charge in [-0.05, 0) is 37.1 Å². The minimum Gasteiger partial charge on any atom is -0.352 e. The zero-order chi connectivity index (χ0) is 21.6. The number of carbonyl (C=O) groups is 2. The molecule has 0 saturated carbocycles. The van der Waals surface area contributed by atoms with Crippen LogP contribution < -0.4 is 10.6 Å². The standard InChI is InChI=1S/C27H28N2O2/c1-19(22-13-8-14-23(17-22)26(30)21-11-6-3-7-12-21)27(31)29-25-15-16-28-18-24(25)20-9-4-2-5-10-20/h2-14,17,19,24-25,28H,15-16,18H2,1H3,(H,29,31). The van der Waals surface area contributed by atoms with Gasteiger partial charge in [0.15, 0.2) is 5.78 Å². The Bertz CT molecular complexity index is 1030.